The van der Waals surface area contributed by atoms with Crippen LogP contribution in [0.25, 0.3) is 0 Å². The fourth-order valence-corrected chi connectivity index (χ4v) is 2.32. The third-order valence-corrected chi connectivity index (χ3v) is 3.54. The van der Waals surface area contributed by atoms with Crippen molar-refractivity contribution in [2.75, 3.05) is 23.9 Å². The quantitative estimate of drug-likeness (QED) is 0.611. The summed E-state index contributed by atoms with van der Waals surface area (Å²) in [4.78, 5) is 34.5. The number of ether oxygens (including phenoxy) is 1. The highest BCUT2D eigenvalue weighted by molar-refractivity contribution is 7.98. The summed E-state index contributed by atoms with van der Waals surface area (Å²) in [6, 6.07) is 4.87. The van der Waals surface area contributed by atoms with Crippen LogP contribution in [0.15, 0.2) is 24.3 Å². The molecular weight excluding hydrogens is 342 g/mol. The van der Waals surface area contributed by atoms with Crippen molar-refractivity contribution in [3.63, 3.8) is 0 Å². The lowest BCUT2D eigenvalue weighted by molar-refractivity contribution is -0.149. The largest absolute Gasteiger partial charge is 0.454 e. The Bertz CT molecular complexity index is 571. The number of urea groups is 1. The minimum absolute atomic E-state index is 0.360. The van der Waals surface area contributed by atoms with Gasteiger partial charge >= 0.3 is 12.0 Å². The Hall–Kier alpha value is -1.93. The molecule has 0 aliphatic heterocycles. The standard InChI is InChI=1S/C14H18ClN3O4S/c1-23-6-5-11(18-14(16)21)13(20)22-8-12(19)17-10-4-2-3-9(15)7-10/h2-4,7,11H,5-6,8H2,1H3,(H,17,19)(H3,16,18,21)/t11-/m1/s1. The zero-order chi connectivity index (χ0) is 17.2. The molecule has 0 radical (unpaired) electrons. The number of amides is 3. The van der Waals surface area contributed by atoms with Gasteiger partial charge < -0.3 is 21.1 Å². The monoisotopic (exact) mass is 359 g/mol. The van der Waals surface area contributed by atoms with Crippen LogP contribution in [0.1, 0.15) is 6.42 Å². The molecule has 7 nitrogen and oxygen atoms in total. The molecule has 9 heteroatoms. The van der Waals surface area contributed by atoms with Gasteiger partial charge in [0.15, 0.2) is 6.61 Å². The Balaban J connectivity index is 2.48. The molecule has 126 valence electrons. The number of benzene rings is 1. The number of carbonyl (C=O) groups excluding carboxylic acids is 3. The Morgan fingerprint density at radius 3 is 2.74 bits per heavy atom. The van der Waals surface area contributed by atoms with E-state index in [1.807, 2.05) is 6.26 Å². The molecule has 0 bridgehead atoms. The molecule has 0 spiro atoms. The van der Waals surface area contributed by atoms with Crippen molar-refractivity contribution in [1.82, 2.24) is 5.32 Å². The van der Waals surface area contributed by atoms with Crippen molar-refractivity contribution in [3.05, 3.63) is 29.3 Å². The van der Waals surface area contributed by atoms with E-state index in [9.17, 15) is 14.4 Å². The summed E-state index contributed by atoms with van der Waals surface area (Å²) in [5.74, 6) is -0.586. The van der Waals surface area contributed by atoms with Crippen LogP contribution in [0.2, 0.25) is 5.02 Å². The van der Waals surface area contributed by atoms with E-state index in [2.05, 4.69) is 10.6 Å². The average molecular weight is 360 g/mol. The number of nitrogens with two attached hydrogens (primary N) is 1. The van der Waals surface area contributed by atoms with Crippen molar-refractivity contribution >= 4 is 47.0 Å². The van der Waals surface area contributed by atoms with Crippen molar-refractivity contribution in [1.29, 1.82) is 0 Å². The third kappa shape index (κ3) is 7.75. The lowest BCUT2D eigenvalue weighted by Gasteiger charge is -2.15. The number of nitrogens with one attached hydrogen (secondary N) is 2. The first-order chi connectivity index (χ1) is 10.9. The van der Waals surface area contributed by atoms with E-state index >= 15 is 0 Å². The minimum atomic E-state index is -0.876. The normalized spacial score (nSPS) is 11.4. The average Bonchev–Trinajstić information content (AvgIpc) is 2.48. The number of carbonyl (C=O) groups is 3. The number of primary amides is 1. The Morgan fingerprint density at radius 1 is 1.39 bits per heavy atom. The molecule has 1 aromatic carbocycles. The first-order valence-electron chi connectivity index (χ1n) is 6.69. The van der Waals surface area contributed by atoms with Crippen molar-refractivity contribution in [3.8, 4) is 0 Å². The van der Waals surface area contributed by atoms with Gasteiger partial charge in [0, 0.05) is 10.7 Å². The van der Waals surface area contributed by atoms with Crippen molar-refractivity contribution in [2.45, 2.75) is 12.5 Å². The molecule has 3 amide bonds. The van der Waals surface area contributed by atoms with Crippen LogP contribution >= 0.6 is 23.4 Å². The van der Waals surface area contributed by atoms with Crippen LogP contribution in [-0.4, -0.2) is 42.6 Å². The molecule has 0 saturated heterocycles. The van der Waals surface area contributed by atoms with Gasteiger partial charge in [-0.05, 0) is 36.6 Å². The lowest BCUT2D eigenvalue weighted by atomic mass is 10.2. The highest BCUT2D eigenvalue weighted by atomic mass is 35.5. The first kappa shape index (κ1) is 19.1. The molecule has 0 fully saturated rings. The van der Waals surface area contributed by atoms with Gasteiger partial charge in [-0.15, -0.1) is 0 Å². The molecule has 0 aliphatic carbocycles. The second-order valence-corrected chi connectivity index (χ2v) is 5.93. The summed E-state index contributed by atoms with van der Waals surface area (Å²) in [5.41, 5.74) is 5.51. The van der Waals surface area contributed by atoms with Gasteiger partial charge in [0.05, 0.1) is 0 Å². The van der Waals surface area contributed by atoms with Crippen LogP contribution in [-0.2, 0) is 14.3 Å². The van der Waals surface area contributed by atoms with Gasteiger partial charge in [0.2, 0.25) is 0 Å². The number of halogens is 1. The number of rotatable bonds is 8. The molecule has 4 N–H and O–H groups in total. The van der Waals surface area contributed by atoms with Crippen LogP contribution < -0.4 is 16.4 Å². The number of hydrogen-bond acceptors (Lipinski definition) is 5. The zero-order valence-corrected chi connectivity index (χ0v) is 14.1. The molecular formula is C14H18ClN3O4S. The van der Waals surface area contributed by atoms with Gasteiger partial charge in [0.25, 0.3) is 5.91 Å². The van der Waals surface area contributed by atoms with Gasteiger partial charge in [0.1, 0.15) is 6.04 Å². The Morgan fingerprint density at radius 2 is 2.13 bits per heavy atom. The van der Waals surface area contributed by atoms with E-state index < -0.39 is 30.6 Å². The maximum Gasteiger partial charge on any atom is 0.329 e. The third-order valence-electron chi connectivity index (χ3n) is 2.67. The van der Waals surface area contributed by atoms with Gasteiger partial charge in [-0.3, -0.25) is 4.79 Å². The van der Waals surface area contributed by atoms with E-state index in [1.54, 1.807) is 24.3 Å². The molecule has 1 aromatic rings. The van der Waals surface area contributed by atoms with Crippen molar-refractivity contribution < 1.29 is 19.1 Å². The van der Waals surface area contributed by atoms with E-state index in [1.165, 1.54) is 11.8 Å². The van der Waals surface area contributed by atoms with Crippen molar-refractivity contribution in [2.24, 2.45) is 5.73 Å². The van der Waals surface area contributed by atoms with Crippen LogP contribution in [0.5, 0.6) is 0 Å². The summed E-state index contributed by atoms with van der Waals surface area (Å²) in [6.07, 6.45) is 2.23. The van der Waals surface area contributed by atoms with Gasteiger partial charge in [-0.2, -0.15) is 11.8 Å². The van der Waals surface area contributed by atoms with E-state index in [0.29, 0.717) is 22.9 Å². The summed E-state index contributed by atoms with van der Waals surface area (Å²) >= 11 is 7.31. The molecule has 0 heterocycles. The molecule has 23 heavy (non-hydrogen) atoms. The van der Waals surface area contributed by atoms with E-state index in [0.717, 1.165) is 0 Å². The molecule has 1 atom stereocenters. The second kappa shape index (κ2) is 9.96. The van der Waals surface area contributed by atoms with Gasteiger partial charge in [-0.25, -0.2) is 9.59 Å². The fourth-order valence-electron chi connectivity index (χ4n) is 1.66. The van der Waals surface area contributed by atoms with E-state index in [-0.39, 0.29) is 0 Å². The molecule has 0 unspecified atom stereocenters. The highest BCUT2D eigenvalue weighted by Crippen LogP contribution is 2.14. The molecule has 0 saturated carbocycles. The van der Waals surface area contributed by atoms with Crippen LogP contribution in [0.3, 0.4) is 0 Å². The molecule has 1 rings (SSSR count). The van der Waals surface area contributed by atoms with E-state index in [4.69, 9.17) is 22.1 Å². The second-order valence-electron chi connectivity index (χ2n) is 4.51. The maximum atomic E-state index is 11.9. The SMILES string of the molecule is CSCC[C@@H](NC(N)=O)C(=O)OCC(=O)Nc1cccc(Cl)c1. The fraction of sp³-hybridized carbons (Fsp3) is 0.357. The zero-order valence-electron chi connectivity index (χ0n) is 12.5. The highest BCUT2D eigenvalue weighted by Gasteiger charge is 2.21. The Labute approximate surface area is 143 Å². The predicted molar refractivity (Wildman–Crippen MR) is 90.5 cm³/mol. The molecule has 0 aliphatic rings. The maximum absolute atomic E-state index is 11.9. The first-order valence-corrected chi connectivity index (χ1v) is 8.46. The number of anilines is 1. The minimum Gasteiger partial charge on any atom is -0.454 e. The lowest BCUT2D eigenvalue weighted by Crippen LogP contribution is -2.45. The number of hydrogen-bond donors (Lipinski definition) is 3. The summed E-state index contributed by atoms with van der Waals surface area (Å²) in [7, 11) is 0. The van der Waals surface area contributed by atoms with Crippen LogP contribution in [0.4, 0.5) is 10.5 Å². The smallest absolute Gasteiger partial charge is 0.329 e. The van der Waals surface area contributed by atoms with Gasteiger partial charge in [-0.1, -0.05) is 17.7 Å². The summed E-state index contributed by atoms with van der Waals surface area (Å²) in [5, 5.41) is 5.32. The summed E-state index contributed by atoms with van der Waals surface area (Å²) in [6.45, 7) is -0.471. The summed E-state index contributed by atoms with van der Waals surface area (Å²) < 4.78 is 4.90. The van der Waals surface area contributed by atoms with Crippen LogP contribution in [0, 0.1) is 0 Å². The number of thioether (sulfide) groups is 1. The Kier molecular flexibility index (Phi) is 8.28. The predicted octanol–water partition coefficient (Wildman–Crippen LogP) is 1.61. The molecule has 0 aromatic heterocycles. The topological polar surface area (TPSA) is 111 Å². The number of esters is 1.